The van der Waals surface area contributed by atoms with Gasteiger partial charge in [0.1, 0.15) is 5.82 Å². The number of nitrogens with zero attached hydrogens (tertiary/aromatic N) is 1. The van der Waals surface area contributed by atoms with Crippen LogP contribution in [0, 0.1) is 12.7 Å². The number of hydrogen-bond donors (Lipinski definition) is 1. The van der Waals surface area contributed by atoms with Crippen LogP contribution in [0.3, 0.4) is 0 Å². The third-order valence-electron chi connectivity index (χ3n) is 3.16. The quantitative estimate of drug-likeness (QED) is 0.710. The summed E-state index contributed by atoms with van der Waals surface area (Å²) >= 11 is 5.96. The van der Waals surface area contributed by atoms with Gasteiger partial charge in [-0.2, -0.15) is 0 Å². The topological polar surface area (TPSA) is 24.9 Å². The highest BCUT2D eigenvalue weighted by Gasteiger charge is 2.04. The molecule has 0 aliphatic heterocycles. The first-order valence-electron chi connectivity index (χ1n) is 6.21. The summed E-state index contributed by atoms with van der Waals surface area (Å²) in [5.74, 6) is -0.226. The number of nitrogens with one attached hydrogen (secondary N) is 1. The molecular formula is C16H12ClFN2. The lowest BCUT2D eigenvalue weighted by Gasteiger charge is -2.10. The molecule has 0 unspecified atom stereocenters. The smallest absolute Gasteiger partial charge is 0.128 e. The number of anilines is 2. The van der Waals surface area contributed by atoms with E-state index < -0.39 is 0 Å². The molecule has 0 saturated carbocycles. The fraction of sp³-hybridized carbons (Fsp3) is 0.0625. The Bertz CT molecular complexity index is 787. The Hall–Kier alpha value is -2.13. The Morgan fingerprint density at radius 2 is 1.95 bits per heavy atom. The highest BCUT2D eigenvalue weighted by molar-refractivity contribution is 6.31. The van der Waals surface area contributed by atoms with Crippen LogP contribution in [0.2, 0.25) is 5.02 Å². The van der Waals surface area contributed by atoms with Crippen molar-refractivity contribution in [3.63, 3.8) is 0 Å². The standard InChI is InChI=1S/C16H12ClFN2/c1-10-2-4-12(9-14(10)18)20-15-6-7-19-16-8-11(17)3-5-13(15)16/h2-9H,1H3,(H,19,20). The minimum absolute atomic E-state index is 0.226. The molecule has 4 heteroatoms. The van der Waals surface area contributed by atoms with Crippen molar-refractivity contribution >= 4 is 33.9 Å². The van der Waals surface area contributed by atoms with Gasteiger partial charge in [-0.25, -0.2) is 4.39 Å². The number of fused-ring (bicyclic) bond motifs is 1. The molecule has 0 fully saturated rings. The summed E-state index contributed by atoms with van der Waals surface area (Å²) in [5.41, 5.74) is 3.00. The van der Waals surface area contributed by atoms with Crippen LogP contribution >= 0.6 is 11.6 Å². The second-order valence-corrected chi connectivity index (χ2v) is 5.05. The summed E-state index contributed by atoms with van der Waals surface area (Å²) in [6.07, 6.45) is 1.70. The third kappa shape index (κ3) is 2.45. The van der Waals surface area contributed by atoms with E-state index in [0.29, 0.717) is 16.3 Å². The number of benzene rings is 2. The Labute approximate surface area is 121 Å². The van der Waals surface area contributed by atoms with E-state index in [1.54, 1.807) is 25.3 Å². The van der Waals surface area contributed by atoms with E-state index in [1.807, 2.05) is 24.3 Å². The molecule has 1 aromatic heterocycles. The van der Waals surface area contributed by atoms with Crippen molar-refractivity contribution in [1.82, 2.24) is 4.98 Å². The summed E-state index contributed by atoms with van der Waals surface area (Å²) < 4.78 is 13.6. The van der Waals surface area contributed by atoms with Crippen LogP contribution in [0.15, 0.2) is 48.7 Å². The molecule has 0 amide bonds. The zero-order chi connectivity index (χ0) is 14.1. The zero-order valence-corrected chi connectivity index (χ0v) is 11.6. The molecule has 0 atom stereocenters. The van der Waals surface area contributed by atoms with Gasteiger partial charge in [-0.05, 0) is 48.9 Å². The van der Waals surface area contributed by atoms with Gasteiger partial charge >= 0.3 is 0 Å². The van der Waals surface area contributed by atoms with Crippen molar-refractivity contribution in [1.29, 1.82) is 0 Å². The molecule has 2 aromatic carbocycles. The molecule has 2 nitrogen and oxygen atoms in total. The monoisotopic (exact) mass is 286 g/mol. The molecule has 20 heavy (non-hydrogen) atoms. The molecule has 0 aliphatic carbocycles. The summed E-state index contributed by atoms with van der Waals surface area (Å²) in [5, 5.41) is 4.80. The number of aromatic nitrogens is 1. The molecule has 100 valence electrons. The summed E-state index contributed by atoms with van der Waals surface area (Å²) in [6, 6.07) is 12.5. The van der Waals surface area contributed by atoms with Crippen LogP contribution < -0.4 is 5.32 Å². The zero-order valence-electron chi connectivity index (χ0n) is 10.8. The Morgan fingerprint density at radius 3 is 2.75 bits per heavy atom. The lowest BCUT2D eigenvalue weighted by atomic mass is 10.1. The maximum Gasteiger partial charge on any atom is 0.128 e. The molecule has 0 saturated heterocycles. The van der Waals surface area contributed by atoms with E-state index in [9.17, 15) is 4.39 Å². The lowest BCUT2D eigenvalue weighted by molar-refractivity contribution is 0.619. The van der Waals surface area contributed by atoms with E-state index in [1.165, 1.54) is 6.07 Å². The first-order chi connectivity index (χ1) is 9.63. The average molecular weight is 287 g/mol. The molecule has 0 spiro atoms. The van der Waals surface area contributed by atoms with Gasteiger partial charge < -0.3 is 5.32 Å². The highest BCUT2D eigenvalue weighted by atomic mass is 35.5. The van der Waals surface area contributed by atoms with Crippen LogP contribution in [0.4, 0.5) is 15.8 Å². The third-order valence-corrected chi connectivity index (χ3v) is 3.39. The van der Waals surface area contributed by atoms with Gasteiger partial charge in [-0.15, -0.1) is 0 Å². The van der Waals surface area contributed by atoms with Crippen LogP contribution in [-0.4, -0.2) is 4.98 Å². The summed E-state index contributed by atoms with van der Waals surface area (Å²) in [6.45, 7) is 1.74. The first kappa shape index (κ1) is 12.9. The second kappa shape index (κ2) is 5.10. The summed E-state index contributed by atoms with van der Waals surface area (Å²) in [4.78, 5) is 4.28. The number of rotatable bonds is 2. The predicted molar refractivity (Wildman–Crippen MR) is 81.2 cm³/mol. The van der Waals surface area contributed by atoms with Gasteiger partial charge in [0.05, 0.1) is 5.52 Å². The van der Waals surface area contributed by atoms with Crippen LogP contribution in [-0.2, 0) is 0 Å². The largest absolute Gasteiger partial charge is 0.355 e. The molecule has 3 rings (SSSR count). The average Bonchev–Trinajstić information content (AvgIpc) is 2.43. The van der Waals surface area contributed by atoms with E-state index in [0.717, 1.165) is 16.6 Å². The predicted octanol–water partition coefficient (Wildman–Crippen LogP) is 5.08. The Balaban J connectivity index is 2.04. The fourth-order valence-corrected chi connectivity index (χ4v) is 2.22. The van der Waals surface area contributed by atoms with Crippen molar-refractivity contribution in [3.05, 3.63) is 65.1 Å². The minimum atomic E-state index is -0.226. The lowest BCUT2D eigenvalue weighted by Crippen LogP contribution is -1.94. The van der Waals surface area contributed by atoms with Crippen molar-refractivity contribution < 1.29 is 4.39 Å². The van der Waals surface area contributed by atoms with Crippen molar-refractivity contribution in [2.24, 2.45) is 0 Å². The number of halogens is 2. The van der Waals surface area contributed by atoms with Crippen LogP contribution in [0.5, 0.6) is 0 Å². The minimum Gasteiger partial charge on any atom is -0.355 e. The van der Waals surface area contributed by atoms with Gasteiger partial charge in [0.15, 0.2) is 0 Å². The second-order valence-electron chi connectivity index (χ2n) is 4.61. The number of aryl methyl sites for hydroxylation is 1. The van der Waals surface area contributed by atoms with Crippen molar-refractivity contribution in [2.75, 3.05) is 5.32 Å². The van der Waals surface area contributed by atoms with E-state index in [2.05, 4.69) is 10.3 Å². The van der Waals surface area contributed by atoms with Crippen molar-refractivity contribution in [3.8, 4) is 0 Å². The van der Waals surface area contributed by atoms with E-state index in [4.69, 9.17) is 11.6 Å². The normalized spacial score (nSPS) is 10.8. The molecule has 1 heterocycles. The van der Waals surface area contributed by atoms with Gasteiger partial charge in [0.25, 0.3) is 0 Å². The molecule has 0 radical (unpaired) electrons. The number of hydrogen-bond acceptors (Lipinski definition) is 2. The molecule has 3 aromatic rings. The molecule has 0 aliphatic rings. The van der Waals surface area contributed by atoms with Crippen LogP contribution in [0.25, 0.3) is 10.9 Å². The van der Waals surface area contributed by atoms with Crippen LogP contribution in [0.1, 0.15) is 5.56 Å². The maximum absolute atomic E-state index is 13.6. The SMILES string of the molecule is Cc1ccc(Nc2ccnc3cc(Cl)ccc23)cc1F. The Kier molecular flexibility index (Phi) is 3.28. The van der Waals surface area contributed by atoms with Gasteiger partial charge in [0, 0.05) is 28.0 Å². The maximum atomic E-state index is 13.6. The van der Waals surface area contributed by atoms with Gasteiger partial charge in [0.2, 0.25) is 0 Å². The number of pyridine rings is 1. The van der Waals surface area contributed by atoms with Gasteiger partial charge in [-0.3, -0.25) is 4.98 Å². The summed E-state index contributed by atoms with van der Waals surface area (Å²) in [7, 11) is 0. The molecule has 0 bridgehead atoms. The van der Waals surface area contributed by atoms with Crippen molar-refractivity contribution in [2.45, 2.75) is 6.92 Å². The molecule has 1 N–H and O–H groups in total. The first-order valence-corrected chi connectivity index (χ1v) is 6.59. The highest BCUT2D eigenvalue weighted by Crippen LogP contribution is 2.27. The Morgan fingerprint density at radius 1 is 1.10 bits per heavy atom. The van der Waals surface area contributed by atoms with E-state index in [-0.39, 0.29) is 5.82 Å². The molecular weight excluding hydrogens is 275 g/mol. The van der Waals surface area contributed by atoms with E-state index >= 15 is 0 Å². The van der Waals surface area contributed by atoms with Gasteiger partial charge in [-0.1, -0.05) is 17.7 Å². The fourth-order valence-electron chi connectivity index (χ4n) is 2.06.